The maximum absolute atomic E-state index is 13.8. The number of urea groups is 1. The molecule has 374 valence electrons. The van der Waals surface area contributed by atoms with Crippen LogP contribution in [0.4, 0.5) is 16.3 Å². The van der Waals surface area contributed by atoms with Gasteiger partial charge in [-0.15, -0.1) is 0 Å². The van der Waals surface area contributed by atoms with Gasteiger partial charge >= 0.3 is 6.03 Å². The van der Waals surface area contributed by atoms with Crippen molar-refractivity contribution in [1.82, 2.24) is 39.6 Å². The molecule has 1 aromatic heterocycles. The maximum Gasteiger partial charge on any atom is 0.320 e. The number of carbonyl (C=O) groups excluding carboxylic acids is 4. The lowest BCUT2D eigenvalue weighted by molar-refractivity contribution is -0.126. The van der Waals surface area contributed by atoms with Crippen LogP contribution in [-0.2, 0) is 11.3 Å². The number of carbonyl (C=O) groups is 4. The molecule has 4 aromatic rings. The second kappa shape index (κ2) is 20.4. The second-order valence-electron chi connectivity index (χ2n) is 21.1. The first-order valence-electron chi connectivity index (χ1n) is 26.3. The van der Waals surface area contributed by atoms with E-state index >= 15 is 0 Å². The van der Waals surface area contributed by atoms with E-state index in [0.29, 0.717) is 59.7 Å². The van der Waals surface area contributed by atoms with E-state index in [1.807, 2.05) is 60.7 Å². The van der Waals surface area contributed by atoms with Gasteiger partial charge in [0.25, 0.3) is 11.8 Å². The number of primary amides is 1. The van der Waals surface area contributed by atoms with Crippen LogP contribution < -0.4 is 26.0 Å². The molecular weight excluding hydrogens is 895 g/mol. The average molecular weight is 964 g/mol. The Kier molecular flexibility index (Phi) is 13.5. The van der Waals surface area contributed by atoms with Crippen LogP contribution in [0.25, 0.3) is 11.3 Å². The minimum absolute atomic E-state index is 0.0544. The van der Waals surface area contributed by atoms with E-state index in [4.69, 9.17) is 15.6 Å². The van der Waals surface area contributed by atoms with Crippen molar-refractivity contribution < 1.29 is 23.9 Å². The highest BCUT2D eigenvalue weighted by atomic mass is 16.5. The Morgan fingerprint density at radius 2 is 1.39 bits per heavy atom. The van der Waals surface area contributed by atoms with Crippen LogP contribution in [0.2, 0.25) is 0 Å². The van der Waals surface area contributed by atoms with Crippen molar-refractivity contribution in [2.45, 2.75) is 76.4 Å². The molecule has 4 N–H and O–H groups in total. The van der Waals surface area contributed by atoms with Gasteiger partial charge in [0.1, 0.15) is 34.6 Å². The molecule has 11 rings (SSSR count). The zero-order valence-electron chi connectivity index (χ0n) is 41.0. The molecule has 16 nitrogen and oxygen atoms in total. The lowest BCUT2D eigenvalue weighted by atomic mass is 9.86. The Labute approximate surface area is 417 Å². The number of allylic oxidation sites excluding steroid dienone is 1. The number of rotatable bonds is 11. The number of likely N-dealkylation sites (tertiary alicyclic amines) is 2. The summed E-state index contributed by atoms with van der Waals surface area (Å²) >= 11 is 0. The van der Waals surface area contributed by atoms with Crippen molar-refractivity contribution in [3.63, 3.8) is 0 Å². The number of nitrogens with zero attached hydrogens (tertiary/aromatic N) is 8. The number of piperidine rings is 4. The van der Waals surface area contributed by atoms with Gasteiger partial charge < -0.3 is 45.6 Å². The van der Waals surface area contributed by atoms with Gasteiger partial charge in [-0.3, -0.25) is 19.3 Å². The number of aromatic nitrogens is 2. The van der Waals surface area contributed by atoms with E-state index in [1.54, 1.807) is 4.90 Å². The number of anilines is 2. The third kappa shape index (κ3) is 9.97. The monoisotopic (exact) mass is 964 g/mol. The Bertz CT molecular complexity index is 2610. The zero-order valence-corrected chi connectivity index (χ0v) is 41.0. The van der Waals surface area contributed by atoms with Gasteiger partial charge in [0.15, 0.2) is 0 Å². The Hall–Kier alpha value is -6.39. The van der Waals surface area contributed by atoms with Crippen molar-refractivity contribution in [1.29, 1.82) is 0 Å². The molecule has 5 fully saturated rings. The lowest BCUT2D eigenvalue weighted by Crippen LogP contribution is -2.55. The van der Waals surface area contributed by atoms with Gasteiger partial charge in [0.2, 0.25) is 5.91 Å². The van der Waals surface area contributed by atoms with E-state index in [-0.39, 0.29) is 23.9 Å². The zero-order chi connectivity index (χ0) is 48.6. The van der Waals surface area contributed by atoms with Gasteiger partial charge in [-0.1, -0.05) is 24.8 Å². The van der Waals surface area contributed by atoms with E-state index in [9.17, 15) is 19.2 Å². The van der Waals surface area contributed by atoms with Gasteiger partial charge in [0, 0.05) is 101 Å². The summed E-state index contributed by atoms with van der Waals surface area (Å²) in [5.74, 6) is 3.21. The quantitative estimate of drug-likeness (QED) is 0.149. The van der Waals surface area contributed by atoms with Gasteiger partial charge in [-0.05, 0) is 149 Å². The molecule has 71 heavy (non-hydrogen) atoms. The first kappa shape index (κ1) is 47.0. The van der Waals surface area contributed by atoms with Gasteiger partial charge in [-0.2, -0.15) is 5.10 Å². The molecule has 16 heteroatoms. The number of benzene rings is 3. The maximum atomic E-state index is 13.8. The summed E-state index contributed by atoms with van der Waals surface area (Å²) in [6, 6.07) is 23.5. The fourth-order valence-electron chi connectivity index (χ4n) is 12.6. The molecule has 0 bridgehead atoms. The normalized spacial score (nSPS) is 23.1. The van der Waals surface area contributed by atoms with Crippen LogP contribution in [0.5, 0.6) is 11.5 Å². The van der Waals surface area contributed by atoms with Crippen molar-refractivity contribution in [2.24, 2.45) is 23.5 Å². The highest BCUT2D eigenvalue weighted by Gasteiger charge is 2.40. The van der Waals surface area contributed by atoms with Crippen LogP contribution in [0.15, 0.2) is 85.1 Å². The predicted molar refractivity (Wildman–Crippen MR) is 273 cm³/mol. The van der Waals surface area contributed by atoms with Crippen molar-refractivity contribution in [3.05, 3.63) is 102 Å². The number of fused-ring (bicyclic) bond motifs is 2. The summed E-state index contributed by atoms with van der Waals surface area (Å²) in [6.07, 6.45) is 8.76. The molecule has 0 radical (unpaired) electrons. The Morgan fingerprint density at radius 1 is 0.732 bits per heavy atom. The van der Waals surface area contributed by atoms with E-state index < -0.39 is 11.9 Å². The minimum Gasteiger partial charge on any atom is -0.457 e. The molecule has 2 atom stereocenters. The van der Waals surface area contributed by atoms with Crippen LogP contribution in [-0.4, -0.2) is 149 Å². The van der Waals surface area contributed by atoms with Crippen LogP contribution in [0, 0.1) is 17.8 Å². The van der Waals surface area contributed by atoms with E-state index in [1.165, 1.54) is 0 Å². The SMILES string of the molecule is C=C1CCC(N2Cc3cc(N4CCC(CN5CCN(C(=O)N6CCC(CN7CCC([C@@H]8CCNc9c(C(N)=O)c(-c%10ccc(Oc%11ccccc%11)cc%10)nn98)CC7)CC6)CC5)CC4)ccc3C2=O)C(=O)N1. The number of amides is 5. The van der Waals surface area contributed by atoms with Crippen molar-refractivity contribution in [3.8, 4) is 22.8 Å². The third-order valence-corrected chi connectivity index (χ3v) is 16.6. The number of hydrogen-bond donors (Lipinski definition) is 3. The molecule has 0 saturated carbocycles. The first-order chi connectivity index (χ1) is 34.6. The number of piperazine rings is 1. The summed E-state index contributed by atoms with van der Waals surface area (Å²) < 4.78 is 8.06. The van der Waals surface area contributed by atoms with E-state index in [2.05, 4.69) is 58.5 Å². The smallest absolute Gasteiger partial charge is 0.320 e. The van der Waals surface area contributed by atoms with Crippen LogP contribution >= 0.6 is 0 Å². The molecule has 0 spiro atoms. The summed E-state index contributed by atoms with van der Waals surface area (Å²) in [5, 5.41) is 11.4. The first-order valence-corrected chi connectivity index (χ1v) is 26.3. The molecule has 1 unspecified atom stereocenters. The van der Waals surface area contributed by atoms with Crippen molar-refractivity contribution >= 4 is 35.3 Å². The molecule has 5 amide bonds. The second-order valence-corrected chi connectivity index (χ2v) is 21.1. The highest BCUT2D eigenvalue weighted by molar-refractivity contribution is 6.04. The number of ether oxygens (including phenoxy) is 1. The summed E-state index contributed by atoms with van der Waals surface area (Å²) in [5.41, 5.74) is 11.5. The Balaban J connectivity index is 0.597. The number of nitrogens with one attached hydrogen (secondary N) is 2. The number of hydrogen-bond acceptors (Lipinski definition) is 10. The Morgan fingerprint density at radius 3 is 2.08 bits per heavy atom. The third-order valence-electron chi connectivity index (χ3n) is 16.6. The highest BCUT2D eigenvalue weighted by Crippen LogP contribution is 2.41. The van der Waals surface area contributed by atoms with Crippen molar-refractivity contribution in [2.75, 3.05) is 95.3 Å². The molecule has 3 aromatic carbocycles. The molecule has 0 aliphatic carbocycles. The summed E-state index contributed by atoms with van der Waals surface area (Å²) in [7, 11) is 0. The average Bonchev–Trinajstić information content (AvgIpc) is 3.95. The standard InChI is InChI=1S/C55H69N11O5/c1-37-7-14-48(53(68)58-37)65-36-42-33-43(10-13-46(42)54(65)69)62-25-16-38(17-26-62)35-61-29-31-64(32-30-61)55(70)63-27-18-39(19-28-63)34-60-23-20-40(21-24-60)47-15-22-57-52-49(51(56)67)50(59-66(47)52)41-8-11-45(12-9-41)71-44-5-3-2-4-6-44/h2-6,8-13,33,38-40,47-48,57H,1,7,14-32,34-36H2,(H2,56,67)(H,58,68)/t47-,48?/m0/s1. The predicted octanol–water partition coefficient (Wildman–Crippen LogP) is 6.62. The molecule has 7 aliphatic heterocycles. The number of nitrogens with two attached hydrogens (primary N) is 1. The summed E-state index contributed by atoms with van der Waals surface area (Å²) in [4.78, 5) is 66.1. The largest absolute Gasteiger partial charge is 0.457 e. The topological polar surface area (TPSA) is 165 Å². The molecule has 5 saturated heterocycles. The molecule has 7 aliphatic rings. The summed E-state index contributed by atoms with van der Waals surface area (Å²) in [6.45, 7) is 16.4. The van der Waals surface area contributed by atoms with Gasteiger partial charge in [-0.25, -0.2) is 9.48 Å². The molecule has 8 heterocycles. The lowest BCUT2D eigenvalue weighted by Gasteiger charge is -2.42. The molecular formula is C55H69N11O5. The fourth-order valence-corrected chi connectivity index (χ4v) is 12.6. The van der Waals surface area contributed by atoms with E-state index in [0.717, 1.165) is 164 Å². The minimum atomic E-state index is -0.479. The number of para-hydroxylation sites is 1. The fraction of sp³-hybridized carbons (Fsp3) is 0.509. The van der Waals surface area contributed by atoms with Crippen LogP contribution in [0.1, 0.15) is 90.1 Å². The van der Waals surface area contributed by atoms with Crippen LogP contribution in [0.3, 0.4) is 0 Å². The van der Waals surface area contributed by atoms with Gasteiger partial charge in [0.05, 0.1) is 6.04 Å².